The second-order valence-electron chi connectivity index (χ2n) is 5.52. The number of nitriles is 1. The third-order valence-corrected chi connectivity index (χ3v) is 5.01. The van der Waals surface area contributed by atoms with Gasteiger partial charge >= 0.3 is 0 Å². The first-order valence-electron chi connectivity index (χ1n) is 7.48. The van der Waals surface area contributed by atoms with Crippen LogP contribution in [-0.4, -0.2) is 9.97 Å². The third-order valence-electron chi connectivity index (χ3n) is 3.85. The van der Waals surface area contributed by atoms with Crippen molar-refractivity contribution in [2.24, 2.45) is 0 Å². The Hall–Kier alpha value is -2.88. The SMILES string of the molecule is N#Cc1nc2ccc(NCc3cc4cc(Cl)ccc4[nH]c3=O)cc2s1. The highest BCUT2D eigenvalue weighted by atomic mass is 35.5. The summed E-state index contributed by atoms with van der Waals surface area (Å²) in [4.78, 5) is 19.3. The summed E-state index contributed by atoms with van der Waals surface area (Å²) >= 11 is 7.36. The molecule has 5 nitrogen and oxygen atoms in total. The summed E-state index contributed by atoms with van der Waals surface area (Å²) in [7, 11) is 0. The van der Waals surface area contributed by atoms with Crippen LogP contribution in [0.2, 0.25) is 5.02 Å². The average Bonchev–Trinajstić information content (AvgIpc) is 3.02. The first kappa shape index (κ1) is 15.6. The minimum atomic E-state index is -0.132. The van der Waals surface area contributed by atoms with Gasteiger partial charge in [-0.15, -0.1) is 11.3 Å². The molecule has 0 spiro atoms. The molecule has 0 bridgehead atoms. The number of pyridine rings is 1. The number of rotatable bonds is 3. The maximum absolute atomic E-state index is 12.2. The molecule has 0 aliphatic heterocycles. The molecule has 4 rings (SSSR count). The summed E-state index contributed by atoms with van der Waals surface area (Å²) in [6.45, 7) is 0.382. The molecular formula is C18H11ClN4OS. The van der Waals surface area contributed by atoms with Crippen molar-refractivity contribution in [2.45, 2.75) is 6.54 Å². The number of anilines is 1. The predicted molar refractivity (Wildman–Crippen MR) is 101 cm³/mol. The molecule has 0 atom stereocenters. The lowest BCUT2D eigenvalue weighted by molar-refractivity contribution is 1.09. The summed E-state index contributed by atoms with van der Waals surface area (Å²) in [5.74, 6) is 0. The molecule has 0 saturated carbocycles. The molecule has 25 heavy (non-hydrogen) atoms. The van der Waals surface area contributed by atoms with Gasteiger partial charge in [-0.3, -0.25) is 4.79 Å². The molecule has 0 radical (unpaired) electrons. The zero-order valence-corrected chi connectivity index (χ0v) is 14.4. The molecule has 2 aromatic heterocycles. The zero-order valence-electron chi connectivity index (χ0n) is 12.8. The van der Waals surface area contributed by atoms with Crippen LogP contribution in [0.5, 0.6) is 0 Å². The number of benzene rings is 2. The molecule has 4 aromatic rings. The average molecular weight is 367 g/mol. The number of aromatic amines is 1. The second kappa shape index (κ2) is 6.20. The molecule has 0 unspecified atom stereocenters. The quantitative estimate of drug-likeness (QED) is 0.567. The van der Waals surface area contributed by atoms with Crippen LogP contribution in [0.3, 0.4) is 0 Å². The van der Waals surface area contributed by atoms with Crippen molar-refractivity contribution in [1.82, 2.24) is 9.97 Å². The van der Waals surface area contributed by atoms with Gasteiger partial charge in [0.1, 0.15) is 6.07 Å². The second-order valence-corrected chi connectivity index (χ2v) is 6.99. The Kier molecular flexibility index (Phi) is 3.88. The number of nitrogens with zero attached hydrogens (tertiary/aromatic N) is 2. The number of halogens is 1. The number of nitrogens with one attached hydrogen (secondary N) is 2. The zero-order chi connectivity index (χ0) is 17.4. The van der Waals surface area contributed by atoms with E-state index in [0.29, 0.717) is 22.1 Å². The van der Waals surface area contributed by atoms with Gasteiger partial charge in [-0.2, -0.15) is 5.26 Å². The van der Waals surface area contributed by atoms with Gasteiger partial charge in [0.2, 0.25) is 0 Å². The highest BCUT2D eigenvalue weighted by Crippen LogP contribution is 2.25. The topological polar surface area (TPSA) is 81.6 Å². The van der Waals surface area contributed by atoms with E-state index in [0.717, 1.165) is 26.8 Å². The van der Waals surface area contributed by atoms with Gasteiger partial charge in [-0.1, -0.05) is 11.6 Å². The van der Waals surface area contributed by atoms with Crippen molar-refractivity contribution in [3.05, 3.63) is 68.4 Å². The lowest BCUT2D eigenvalue weighted by atomic mass is 10.1. The normalized spacial score (nSPS) is 10.9. The van der Waals surface area contributed by atoms with E-state index in [-0.39, 0.29) is 5.56 Å². The van der Waals surface area contributed by atoms with Crippen molar-refractivity contribution in [3.63, 3.8) is 0 Å². The standard InChI is InChI=1S/C18H11ClN4OS/c19-12-1-3-14-10(6-12)5-11(18(24)23-14)9-21-13-2-4-15-16(7-13)25-17(8-20)22-15/h1-7,21H,9H2,(H,23,24). The maximum atomic E-state index is 12.2. The lowest BCUT2D eigenvalue weighted by Gasteiger charge is -2.07. The Morgan fingerprint density at radius 2 is 2.12 bits per heavy atom. The molecular weight excluding hydrogens is 356 g/mol. The van der Waals surface area contributed by atoms with Crippen LogP contribution in [0.1, 0.15) is 10.6 Å². The largest absolute Gasteiger partial charge is 0.381 e. The summed E-state index contributed by atoms with van der Waals surface area (Å²) in [5, 5.41) is 14.1. The van der Waals surface area contributed by atoms with E-state index < -0.39 is 0 Å². The Labute approximate surface area is 151 Å². The Morgan fingerprint density at radius 1 is 1.24 bits per heavy atom. The van der Waals surface area contributed by atoms with Gasteiger partial charge in [-0.25, -0.2) is 4.98 Å². The van der Waals surface area contributed by atoms with E-state index in [2.05, 4.69) is 21.4 Å². The van der Waals surface area contributed by atoms with Gasteiger partial charge in [0.25, 0.3) is 5.56 Å². The van der Waals surface area contributed by atoms with Gasteiger partial charge in [-0.05, 0) is 42.5 Å². The Balaban J connectivity index is 1.62. The summed E-state index contributed by atoms with van der Waals surface area (Å²) < 4.78 is 0.931. The van der Waals surface area contributed by atoms with Crippen molar-refractivity contribution < 1.29 is 0 Å². The number of hydrogen-bond donors (Lipinski definition) is 2. The number of H-pyrrole nitrogens is 1. The number of hydrogen-bond acceptors (Lipinski definition) is 5. The van der Waals surface area contributed by atoms with Crippen LogP contribution in [0, 0.1) is 11.3 Å². The highest BCUT2D eigenvalue weighted by molar-refractivity contribution is 7.19. The molecule has 7 heteroatoms. The molecule has 0 fully saturated rings. The van der Waals surface area contributed by atoms with Crippen LogP contribution in [0.4, 0.5) is 5.69 Å². The smallest absolute Gasteiger partial charge is 0.253 e. The highest BCUT2D eigenvalue weighted by Gasteiger charge is 2.06. The molecule has 122 valence electrons. The minimum Gasteiger partial charge on any atom is -0.381 e. The van der Waals surface area contributed by atoms with Crippen molar-refractivity contribution in [2.75, 3.05) is 5.32 Å². The molecule has 0 aliphatic carbocycles. The van der Waals surface area contributed by atoms with Crippen LogP contribution in [0.15, 0.2) is 47.3 Å². The van der Waals surface area contributed by atoms with Gasteiger partial charge in [0.15, 0.2) is 5.01 Å². The lowest BCUT2D eigenvalue weighted by Crippen LogP contribution is -2.15. The maximum Gasteiger partial charge on any atom is 0.253 e. The van der Waals surface area contributed by atoms with E-state index in [1.165, 1.54) is 11.3 Å². The fourth-order valence-electron chi connectivity index (χ4n) is 2.63. The monoisotopic (exact) mass is 366 g/mol. The molecule has 0 aliphatic rings. The molecule has 2 aromatic carbocycles. The van der Waals surface area contributed by atoms with Crippen molar-refractivity contribution in [1.29, 1.82) is 5.26 Å². The summed E-state index contributed by atoms with van der Waals surface area (Å²) in [6.07, 6.45) is 0. The fraction of sp³-hybridized carbons (Fsp3) is 0.0556. The summed E-state index contributed by atoms with van der Waals surface area (Å²) in [6, 6.07) is 14.9. The third kappa shape index (κ3) is 3.07. The number of aromatic nitrogens is 2. The van der Waals surface area contributed by atoms with Crippen molar-refractivity contribution in [3.8, 4) is 6.07 Å². The number of thiazole rings is 1. The minimum absolute atomic E-state index is 0.132. The first-order valence-corrected chi connectivity index (χ1v) is 8.68. The molecule has 0 amide bonds. The molecule has 2 heterocycles. The molecule has 2 N–H and O–H groups in total. The van der Waals surface area contributed by atoms with Gasteiger partial charge in [0.05, 0.1) is 10.2 Å². The van der Waals surface area contributed by atoms with E-state index >= 15 is 0 Å². The van der Waals surface area contributed by atoms with Gasteiger partial charge < -0.3 is 10.3 Å². The van der Waals surface area contributed by atoms with E-state index in [1.54, 1.807) is 12.1 Å². The van der Waals surface area contributed by atoms with Crippen LogP contribution < -0.4 is 10.9 Å². The van der Waals surface area contributed by atoms with Crippen LogP contribution in [0.25, 0.3) is 21.1 Å². The first-order chi connectivity index (χ1) is 12.1. The van der Waals surface area contributed by atoms with Crippen LogP contribution >= 0.6 is 22.9 Å². The summed E-state index contributed by atoms with van der Waals surface area (Å²) in [5.41, 5.74) is 2.91. The molecule has 0 saturated heterocycles. The Morgan fingerprint density at radius 3 is 2.96 bits per heavy atom. The van der Waals surface area contributed by atoms with E-state index in [1.807, 2.05) is 30.3 Å². The van der Waals surface area contributed by atoms with E-state index in [9.17, 15) is 4.79 Å². The number of fused-ring (bicyclic) bond motifs is 2. The van der Waals surface area contributed by atoms with Gasteiger partial charge in [0, 0.05) is 33.7 Å². The van der Waals surface area contributed by atoms with Crippen molar-refractivity contribution >= 4 is 49.7 Å². The fourth-order valence-corrected chi connectivity index (χ4v) is 3.62. The predicted octanol–water partition coefficient (Wildman–Crippen LogP) is 4.27. The Bertz CT molecular complexity index is 1210. The van der Waals surface area contributed by atoms with E-state index in [4.69, 9.17) is 16.9 Å². The van der Waals surface area contributed by atoms with Crippen LogP contribution in [-0.2, 0) is 6.54 Å².